The monoisotopic (exact) mass is 259 g/mol. The van der Waals surface area contributed by atoms with Crippen molar-refractivity contribution in [3.05, 3.63) is 0 Å². The smallest absolute Gasteiger partial charge is 0.450 e. The van der Waals surface area contributed by atoms with Crippen molar-refractivity contribution >= 4 is 17.7 Å². The quantitative estimate of drug-likeness (QED) is 0.496. The van der Waals surface area contributed by atoms with Gasteiger partial charge in [-0.25, -0.2) is 9.69 Å². The summed E-state index contributed by atoms with van der Waals surface area (Å²) in [6.45, 7) is 2.53. The van der Waals surface area contributed by atoms with Crippen LogP contribution in [0.4, 0.5) is 18.0 Å². The van der Waals surface area contributed by atoms with E-state index < -0.39 is 23.1 Å². The molecule has 1 aliphatic heterocycles. The highest BCUT2D eigenvalue weighted by atomic mass is 35.5. The number of azo groups is 1. The Balaban J connectivity index is 3.23. The van der Waals surface area contributed by atoms with E-state index in [1.54, 1.807) is 0 Å². The van der Waals surface area contributed by atoms with Crippen molar-refractivity contribution in [2.24, 2.45) is 10.2 Å². The second kappa shape index (κ2) is 3.47. The second-order valence-corrected chi connectivity index (χ2v) is 4.11. The molecule has 0 spiro atoms. The summed E-state index contributed by atoms with van der Waals surface area (Å²) < 4.78 is 42.3. The highest BCUT2D eigenvalue weighted by molar-refractivity contribution is 6.25. The van der Waals surface area contributed by atoms with Crippen LogP contribution in [-0.2, 0) is 4.74 Å². The number of methoxy groups -OCH3 is 1. The number of ether oxygens (including phenoxy) is 1. The molecule has 1 unspecified atom stereocenters. The van der Waals surface area contributed by atoms with Crippen LogP contribution in [0.1, 0.15) is 13.8 Å². The van der Waals surface area contributed by atoms with Gasteiger partial charge in [-0.1, -0.05) is 11.6 Å². The number of carbonyl (C=O) groups is 1. The van der Waals surface area contributed by atoms with Gasteiger partial charge in [0.1, 0.15) is 0 Å². The van der Waals surface area contributed by atoms with E-state index >= 15 is 0 Å². The van der Waals surface area contributed by atoms with Crippen LogP contribution in [0.2, 0.25) is 0 Å². The van der Waals surface area contributed by atoms with Crippen molar-refractivity contribution in [3.8, 4) is 0 Å². The first-order valence-electron chi connectivity index (χ1n) is 4.14. The third-order valence-corrected chi connectivity index (χ3v) is 2.45. The number of nitrogens with zero attached hydrogens (tertiary/aromatic N) is 3. The fraction of sp³-hybridized carbons (Fsp3) is 0.857. The number of hydrogen-bond donors (Lipinski definition) is 0. The van der Waals surface area contributed by atoms with Crippen molar-refractivity contribution in [2.45, 2.75) is 30.8 Å². The van der Waals surface area contributed by atoms with Gasteiger partial charge in [-0.05, 0) is 13.8 Å². The van der Waals surface area contributed by atoms with E-state index in [1.165, 1.54) is 13.8 Å². The minimum absolute atomic E-state index is 0.238. The molecule has 0 aromatic heterocycles. The van der Waals surface area contributed by atoms with Gasteiger partial charge >= 0.3 is 17.4 Å². The number of halogens is 4. The predicted octanol–water partition coefficient (Wildman–Crippen LogP) is 2.71. The fourth-order valence-corrected chi connectivity index (χ4v) is 1.57. The van der Waals surface area contributed by atoms with E-state index in [1.807, 2.05) is 0 Å². The summed E-state index contributed by atoms with van der Waals surface area (Å²) in [6, 6.07) is 0. The average molecular weight is 260 g/mol. The molecule has 1 rings (SSSR count). The molecule has 0 fully saturated rings. The SMILES string of the molecule is COC(=O)N1C(C)(C)N=NC1(Cl)C(F)(F)F. The number of alkyl halides is 4. The first-order chi connectivity index (χ1) is 7.06. The molecule has 0 saturated carbocycles. The first kappa shape index (κ1) is 13.0. The molecule has 0 bridgehead atoms. The molecule has 9 heteroatoms. The molecular weight excluding hydrogens is 251 g/mol. The van der Waals surface area contributed by atoms with Crippen LogP contribution >= 0.6 is 11.6 Å². The second-order valence-electron chi connectivity index (χ2n) is 3.58. The molecule has 1 heterocycles. The molecule has 0 aromatic carbocycles. The fourth-order valence-electron chi connectivity index (χ4n) is 1.26. The molecule has 1 atom stereocenters. The average Bonchev–Trinajstić information content (AvgIpc) is 2.37. The molecule has 0 aromatic rings. The van der Waals surface area contributed by atoms with Gasteiger partial charge in [-0.2, -0.15) is 18.3 Å². The summed E-state index contributed by atoms with van der Waals surface area (Å²) >= 11 is 5.31. The summed E-state index contributed by atoms with van der Waals surface area (Å²) in [5.41, 5.74) is -1.51. The minimum atomic E-state index is -4.94. The van der Waals surface area contributed by atoms with Gasteiger partial charge in [0.2, 0.25) is 0 Å². The number of carbonyl (C=O) groups excluding carboxylic acids is 1. The van der Waals surface area contributed by atoms with Crippen molar-refractivity contribution in [1.82, 2.24) is 4.90 Å². The van der Waals surface area contributed by atoms with Gasteiger partial charge in [0.25, 0.3) is 0 Å². The maximum absolute atomic E-state index is 12.7. The lowest BCUT2D eigenvalue weighted by Crippen LogP contribution is -2.59. The van der Waals surface area contributed by atoms with E-state index in [-0.39, 0.29) is 4.90 Å². The Bertz CT molecular complexity index is 344. The lowest BCUT2D eigenvalue weighted by molar-refractivity contribution is -0.195. The summed E-state index contributed by atoms with van der Waals surface area (Å²) in [5, 5.41) is 3.06. The Kier molecular flexibility index (Phi) is 2.83. The number of amides is 1. The highest BCUT2D eigenvalue weighted by Crippen LogP contribution is 2.48. The minimum Gasteiger partial charge on any atom is -0.453 e. The highest BCUT2D eigenvalue weighted by Gasteiger charge is 2.67. The lowest BCUT2D eigenvalue weighted by Gasteiger charge is -2.35. The van der Waals surface area contributed by atoms with E-state index in [2.05, 4.69) is 15.0 Å². The standard InChI is InChI=1S/C7H9ClF3N3O2/c1-5(2)12-13-6(8,7(9,10)11)14(5)4(15)16-3/h1-3H3. The molecule has 92 valence electrons. The summed E-state index contributed by atoms with van der Waals surface area (Å²) in [7, 11) is 0.949. The Hall–Kier alpha value is -1.05. The maximum atomic E-state index is 12.7. The van der Waals surface area contributed by atoms with Gasteiger partial charge < -0.3 is 4.74 Å². The van der Waals surface area contributed by atoms with Crippen LogP contribution in [0.25, 0.3) is 0 Å². The normalized spacial score (nSPS) is 28.3. The van der Waals surface area contributed by atoms with Crippen LogP contribution in [0, 0.1) is 0 Å². The largest absolute Gasteiger partial charge is 0.453 e. The number of hydrogen-bond acceptors (Lipinski definition) is 4. The zero-order valence-corrected chi connectivity index (χ0v) is 9.43. The van der Waals surface area contributed by atoms with E-state index in [0.29, 0.717) is 0 Å². The summed E-state index contributed by atoms with van der Waals surface area (Å²) in [4.78, 5) is 11.5. The van der Waals surface area contributed by atoms with Gasteiger partial charge in [0, 0.05) is 0 Å². The topological polar surface area (TPSA) is 54.3 Å². The van der Waals surface area contributed by atoms with Crippen molar-refractivity contribution in [2.75, 3.05) is 7.11 Å². The molecule has 1 aliphatic rings. The zero-order chi connectivity index (χ0) is 12.8. The molecule has 16 heavy (non-hydrogen) atoms. The molecule has 0 N–H and O–H groups in total. The van der Waals surface area contributed by atoms with Crippen LogP contribution < -0.4 is 0 Å². The summed E-state index contributed by atoms with van der Waals surface area (Å²) in [6.07, 6.45) is -6.19. The van der Waals surface area contributed by atoms with E-state index in [9.17, 15) is 18.0 Å². The number of rotatable bonds is 0. The molecular formula is C7H9ClF3N3O2. The Morgan fingerprint density at radius 1 is 1.38 bits per heavy atom. The molecule has 1 amide bonds. The van der Waals surface area contributed by atoms with Crippen molar-refractivity contribution in [1.29, 1.82) is 0 Å². The van der Waals surface area contributed by atoms with E-state index in [4.69, 9.17) is 11.6 Å². The van der Waals surface area contributed by atoms with Gasteiger partial charge in [0.05, 0.1) is 7.11 Å². The third-order valence-electron chi connectivity index (χ3n) is 1.99. The van der Waals surface area contributed by atoms with Gasteiger partial charge in [-0.3, -0.25) is 0 Å². The van der Waals surface area contributed by atoms with Crippen LogP contribution in [0.5, 0.6) is 0 Å². The molecule has 0 radical (unpaired) electrons. The zero-order valence-electron chi connectivity index (χ0n) is 8.67. The van der Waals surface area contributed by atoms with Crippen LogP contribution in [-0.4, -0.2) is 35.1 Å². The van der Waals surface area contributed by atoms with Gasteiger partial charge in [0.15, 0.2) is 5.66 Å². The van der Waals surface area contributed by atoms with Crippen LogP contribution in [0.15, 0.2) is 10.2 Å². The van der Waals surface area contributed by atoms with Crippen molar-refractivity contribution in [3.63, 3.8) is 0 Å². The van der Waals surface area contributed by atoms with Gasteiger partial charge in [-0.15, -0.1) is 5.11 Å². The van der Waals surface area contributed by atoms with Crippen molar-refractivity contribution < 1.29 is 22.7 Å². The van der Waals surface area contributed by atoms with E-state index in [0.717, 1.165) is 7.11 Å². The molecule has 0 saturated heterocycles. The lowest BCUT2D eigenvalue weighted by atomic mass is 10.2. The molecule has 0 aliphatic carbocycles. The molecule has 5 nitrogen and oxygen atoms in total. The van der Waals surface area contributed by atoms with Crippen LogP contribution in [0.3, 0.4) is 0 Å². The predicted molar refractivity (Wildman–Crippen MR) is 47.8 cm³/mol. The third kappa shape index (κ3) is 1.70. The Morgan fingerprint density at radius 3 is 2.25 bits per heavy atom. The maximum Gasteiger partial charge on any atom is 0.450 e. The Morgan fingerprint density at radius 2 is 1.88 bits per heavy atom. The Labute approximate surface area is 94.2 Å². The first-order valence-corrected chi connectivity index (χ1v) is 4.52. The summed E-state index contributed by atoms with van der Waals surface area (Å²) in [5.74, 6) is 0.